The van der Waals surface area contributed by atoms with Crippen LogP contribution in [-0.2, 0) is 0 Å². The molecule has 0 aliphatic carbocycles. The van der Waals surface area contributed by atoms with Gasteiger partial charge in [-0.3, -0.25) is 20.2 Å². The van der Waals surface area contributed by atoms with Crippen LogP contribution in [0.1, 0.15) is 0 Å². The van der Waals surface area contributed by atoms with E-state index in [1.165, 1.54) is 0 Å². The van der Waals surface area contributed by atoms with Crippen LogP contribution in [0.4, 0.5) is 17.1 Å². The van der Waals surface area contributed by atoms with Gasteiger partial charge in [-0.2, -0.15) is 0 Å². The molecule has 0 bridgehead atoms. The van der Waals surface area contributed by atoms with Crippen LogP contribution in [0.2, 0.25) is 0 Å². The molecule has 0 aliphatic heterocycles. The molecule has 0 amide bonds. The van der Waals surface area contributed by atoms with Gasteiger partial charge in [0, 0.05) is 17.0 Å². The largest absolute Gasteiger partial charge is 0.485 e. The molecule has 0 aliphatic rings. The highest BCUT2D eigenvalue weighted by atomic mass is 16.6. The van der Waals surface area contributed by atoms with Crippen LogP contribution in [0.3, 0.4) is 0 Å². The zero-order chi connectivity index (χ0) is 13.0. The van der Waals surface area contributed by atoms with Crippen molar-refractivity contribution in [3.8, 4) is 5.75 Å². The number of benzene rings is 1. The van der Waals surface area contributed by atoms with Gasteiger partial charge in [0.2, 0.25) is 0 Å². The number of azide groups is 1. The number of rotatable bonds is 4. The van der Waals surface area contributed by atoms with E-state index in [1.54, 1.807) is 0 Å². The number of hydrogen-bond donors (Lipinski definition) is 0. The Bertz CT molecular complexity index is 500. The Kier molecular flexibility index (Phi) is 3.42. The van der Waals surface area contributed by atoms with Gasteiger partial charge < -0.3 is 4.74 Å². The van der Waals surface area contributed by atoms with E-state index < -0.39 is 27.0 Å². The molecule has 88 valence electrons. The first kappa shape index (κ1) is 12.2. The predicted octanol–water partition coefficient (Wildman–Crippen LogP) is 2.45. The molecule has 0 heterocycles. The third kappa shape index (κ3) is 2.38. The maximum Gasteiger partial charge on any atom is 0.318 e. The van der Waals surface area contributed by atoms with E-state index >= 15 is 0 Å². The standard InChI is InChI=1S/C7H5N5O5/c1-17-7-5(11(13)14)2-4(9-10-8)3-6(7)12(15)16/h2-3H,1H3. The number of nitro benzene ring substituents is 2. The fourth-order valence-electron chi connectivity index (χ4n) is 1.17. The van der Waals surface area contributed by atoms with E-state index in [9.17, 15) is 20.2 Å². The zero-order valence-electron chi connectivity index (χ0n) is 8.43. The van der Waals surface area contributed by atoms with E-state index in [0.29, 0.717) is 0 Å². The molecular formula is C7H5N5O5. The molecule has 0 atom stereocenters. The summed E-state index contributed by atoms with van der Waals surface area (Å²) in [6, 6.07) is 1.79. The average molecular weight is 239 g/mol. The third-order valence-corrected chi connectivity index (χ3v) is 1.79. The summed E-state index contributed by atoms with van der Waals surface area (Å²) in [4.78, 5) is 22.0. The van der Waals surface area contributed by atoms with Crippen LogP contribution < -0.4 is 4.74 Å². The molecule has 17 heavy (non-hydrogen) atoms. The molecule has 0 fully saturated rings. The van der Waals surface area contributed by atoms with E-state index in [-0.39, 0.29) is 5.69 Å². The van der Waals surface area contributed by atoms with Gasteiger partial charge >= 0.3 is 11.4 Å². The van der Waals surface area contributed by atoms with E-state index in [0.717, 1.165) is 19.2 Å². The molecule has 0 aromatic heterocycles. The maximum atomic E-state index is 10.7. The van der Waals surface area contributed by atoms with Crippen molar-refractivity contribution in [1.29, 1.82) is 0 Å². The van der Waals surface area contributed by atoms with Gasteiger partial charge in [0.05, 0.1) is 22.6 Å². The molecule has 10 heteroatoms. The molecule has 1 aromatic rings. The van der Waals surface area contributed by atoms with Crippen molar-refractivity contribution in [2.45, 2.75) is 0 Å². The molecule has 0 radical (unpaired) electrons. The van der Waals surface area contributed by atoms with Crippen molar-refractivity contribution in [3.05, 3.63) is 42.8 Å². The lowest BCUT2D eigenvalue weighted by molar-refractivity contribution is -0.395. The predicted molar refractivity (Wildman–Crippen MR) is 55.1 cm³/mol. The Morgan fingerprint density at radius 3 is 2.06 bits per heavy atom. The molecule has 0 saturated heterocycles. The molecule has 1 aromatic carbocycles. The minimum absolute atomic E-state index is 0.230. The van der Waals surface area contributed by atoms with E-state index in [2.05, 4.69) is 14.8 Å². The first-order valence-electron chi connectivity index (χ1n) is 4.07. The normalized spacial score (nSPS) is 9.24. The van der Waals surface area contributed by atoms with Crippen molar-refractivity contribution in [2.75, 3.05) is 7.11 Å². The average Bonchev–Trinajstić information content (AvgIpc) is 2.28. The van der Waals surface area contributed by atoms with Crippen LogP contribution in [0.15, 0.2) is 17.2 Å². The topological polar surface area (TPSA) is 144 Å². The van der Waals surface area contributed by atoms with Crippen LogP contribution in [-0.4, -0.2) is 17.0 Å². The summed E-state index contributed by atoms with van der Waals surface area (Å²) >= 11 is 0. The molecule has 1 rings (SSSR count). The van der Waals surface area contributed by atoms with E-state index in [1.807, 2.05) is 0 Å². The number of hydrogen-bond acceptors (Lipinski definition) is 6. The molecule has 0 spiro atoms. The Morgan fingerprint density at radius 2 is 1.76 bits per heavy atom. The van der Waals surface area contributed by atoms with Crippen molar-refractivity contribution in [1.82, 2.24) is 0 Å². The summed E-state index contributed by atoms with van der Waals surface area (Å²) in [5, 5.41) is 24.4. The third-order valence-electron chi connectivity index (χ3n) is 1.79. The SMILES string of the molecule is COc1c([N+](=O)[O-])cc(N=[N+]=[N-])cc1[N+](=O)[O-]. The zero-order valence-corrected chi connectivity index (χ0v) is 8.43. The highest BCUT2D eigenvalue weighted by Crippen LogP contribution is 2.40. The van der Waals surface area contributed by atoms with Crippen LogP contribution in [0.5, 0.6) is 5.75 Å². The first-order valence-corrected chi connectivity index (χ1v) is 4.07. The highest BCUT2D eigenvalue weighted by molar-refractivity contribution is 5.67. The van der Waals surface area contributed by atoms with Gasteiger partial charge in [0.25, 0.3) is 5.75 Å². The van der Waals surface area contributed by atoms with Gasteiger partial charge in [-0.25, -0.2) is 0 Å². The molecule has 0 N–H and O–H groups in total. The summed E-state index contributed by atoms with van der Waals surface area (Å²) < 4.78 is 4.61. The van der Waals surface area contributed by atoms with Gasteiger partial charge in [0.15, 0.2) is 0 Å². The minimum atomic E-state index is -0.859. The summed E-state index contributed by atoms with van der Waals surface area (Å²) in [6.07, 6.45) is 0. The monoisotopic (exact) mass is 239 g/mol. The number of ether oxygens (including phenoxy) is 1. The van der Waals surface area contributed by atoms with Gasteiger partial charge in [-0.15, -0.1) is 0 Å². The second-order valence-corrected chi connectivity index (χ2v) is 2.72. The molecular weight excluding hydrogens is 234 g/mol. The minimum Gasteiger partial charge on any atom is -0.485 e. The molecule has 10 nitrogen and oxygen atoms in total. The van der Waals surface area contributed by atoms with Crippen molar-refractivity contribution in [3.63, 3.8) is 0 Å². The Labute approximate surface area is 93.3 Å². The maximum absolute atomic E-state index is 10.7. The Morgan fingerprint density at radius 1 is 1.29 bits per heavy atom. The number of methoxy groups -OCH3 is 1. The number of nitro groups is 2. The lowest BCUT2D eigenvalue weighted by Crippen LogP contribution is -1.98. The summed E-state index contributed by atoms with van der Waals surface area (Å²) in [7, 11) is 1.07. The van der Waals surface area contributed by atoms with Crippen molar-refractivity contribution < 1.29 is 14.6 Å². The van der Waals surface area contributed by atoms with Gasteiger partial charge in [0.1, 0.15) is 0 Å². The second kappa shape index (κ2) is 4.77. The van der Waals surface area contributed by atoms with Crippen LogP contribution in [0.25, 0.3) is 10.4 Å². The first-order chi connectivity index (χ1) is 8.01. The fraction of sp³-hybridized carbons (Fsp3) is 0.143. The molecule has 0 unspecified atom stereocenters. The quantitative estimate of drug-likeness (QED) is 0.260. The van der Waals surface area contributed by atoms with Crippen molar-refractivity contribution >= 4 is 17.1 Å². The fourth-order valence-corrected chi connectivity index (χ4v) is 1.17. The number of nitrogens with zero attached hydrogens (tertiary/aromatic N) is 5. The highest BCUT2D eigenvalue weighted by Gasteiger charge is 2.27. The van der Waals surface area contributed by atoms with Gasteiger partial charge in [-0.05, 0) is 5.53 Å². The van der Waals surface area contributed by atoms with Crippen LogP contribution >= 0.6 is 0 Å². The lowest BCUT2D eigenvalue weighted by atomic mass is 10.2. The molecule has 0 saturated carbocycles. The summed E-state index contributed by atoms with van der Waals surface area (Å²) in [5.74, 6) is -0.489. The Balaban J connectivity index is 3.62. The van der Waals surface area contributed by atoms with Crippen LogP contribution in [0, 0.1) is 20.2 Å². The lowest BCUT2D eigenvalue weighted by Gasteiger charge is -2.03. The summed E-state index contributed by atoms with van der Waals surface area (Å²) in [5.41, 5.74) is 6.69. The summed E-state index contributed by atoms with van der Waals surface area (Å²) in [6.45, 7) is 0. The smallest absolute Gasteiger partial charge is 0.318 e. The second-order valence-electron chi connectivity index (χ2n) is 2.72. The Hall–Kier alpha value is -2.87. The van der Waals surface area contributed by atoms with Gasteiger partial charge in [-0.1, -0.05) is 5.11 Å². The van der Waals surface area contributed by atoms with E-state index in [4.69, 9.17) is 5.53 Å². The van der Waals surface area contributed by atoms with Crippen molar-refractivity contribution in [2.24, 2.45) is 5.11 Å².